The second-order valence-corrected chi connectivity index (χ2v) is 3.97. The number of hydrogen-bond acceptors (Lipinski definition) is 4. The van der Waals surface area contributed by atoms with E-state index >= 15 is 0 Å². The molecule has 0 atom stereocenters. The summed E-state index contributed by atoms with van der Waals surface area (Å²) in [6, 6.07) is 6.51. The zero-order valence-corrected chi connectivity index (χ0v) is 10.4. The SMILES string of the molecule is COc1ccc(-c2cc(=O)[nH]c(C(=O)O)n2)cc1C. The van der Waals surface area contributed by atoms with E-state index in [1.165, 1.54) is 6.07 Å². The van der Waals surface area contributed by atoms with Gasteiger partial charge in [-0.05, 0) is 30.7 Å². The maximum atomic E-state index is 11.4. The summed E-state index contributed by atoms with van der Waals surface area (Å²) < 4.78 is 5.14. The number of benzene rings is 1. The van der Waals surface area contributed by atoms with Crippen LogP contribution in [0.1, 0.15) is 16.2 Å². The van der Waals surface area contributed by atoms with Gasteiger partial charge in [0.25, 0.3) is 5.56 Å². The Labute approximate surface area is 108 Å². The summed E-state index contributed by atoms with van der Waals surface area (Å²) >= 11 is 0. The topological polar surface area (TPSA) is 92.3 Å². The summed E-state index contributed by atoms with van der Waals surface area (Å²) in [5.41, 5.74) is 1.34. The smallest absolute Gasteiger partial charge is 0.372 e. The molecule has 6 nitrogen and oxygen atoms in total. The fourth-order valence-electron chi connectivity index (χ4n) is 1.74. The van der Waals surface area contributed by atoms with Crippen molar-refractivity contribution in [2.75, 3.05) is 7.11 Å². The Morgan fingerprint density at radius 1 is 1.37 bits per heavy atom. The van der Waals surface area contributed by atoms with E-state index in [0.29, 0.717) is 17.0 Å². The molecule has 0 aliphatic rings. The number of hydrogen-bond donors (Lipinski definition) is 2. The first kappa shape index (κ1) is 12.8. The minimum Gasteiger partial charge on any atom is -0.496 e. The number of aromatic nitrogens is 2. The Bertz CT molecular complexity index is 691. The largest absolute Gasteiger partial charge is 0.496 e. The highest BCUT2D eigenvalue weighted by Gasteiger charge is 2.10. The second kappa shape index (κ2) is 4.93. The first-order chi connectivity index (χ1) is 9.01. The van der Waals surface area contributed by atoms with E-state index in [2.05, 4.69) is 9.97 Å². The molecule has 2 rings (SSSR count). The number of H-pyrrole nitrogens is 1. The molecule has 19 heavy (non-hydrogen) atoms. The third-order valence-electron chi connectivity index (χ3n) is 2.63. The van der Waals surface area contributed by atoms with Gasteiger partial charge in [0.15, 0.2) is 0 Å². The quantitative estimate of drug-likeness (QED) is 0.871. The molecule has 0 aliphatic carbocycles. The normalized spacial score (nSPS) is 10.2. The number of rotatable bonds is 3. The van der Waals surface area contributed by atoms with Crippen LogP contribution in [0.4, 0.5) is 0 Å². The molecular formula is C13H12N2O4. The summed E-state index contributed by atoms with van der Waals surface area (Å²) in [5.74, 6) is -0.938. The standard InChI is InChI=1S/C13H12N2O4/c1-7-5-8(3-4-10(7)19-2)9-6-11(16)15-12(14-9)13(17)18/h3-6H,1-2H3,(H,17,18)(H,14,15,16). The number of carbonyl (C=O) groups is 1. The minimum absolute atomic E-state index is 0.312. The number of carboxylic acids is 1. The highest BCUT2D eigenvalue weighted by Crippen LogP contribution is 2.24. The highest BCUT2D eigenvalue weighted by molar-refractivity contribution is 5.83. The molecule has 1 heterocycles. The van der Waals surface area contributed by atoms with E-state index in [4.69, 9.17) is 9.84 Å². The molecule has 0 aliphatic heterocycles. The van der Waals surface area contributed by atoms with Crippen molar-refractivity contribution in [3.63, 3.8) is 0 Å². The molecule has 0 amide bonds. The van der Waals surface area contributed by atoms with Gasteiger partial charge in [-0.25, -0.2) is 9.78 Å². The number of carboxylic acid groups (broad SMARTS) is 1. The maximum Gasteiger partial charge on any atom is 0.372 e. The van der Waals surface area contributed by atoms with Crippen LogP contribution in [-0.2, 0) is 0 Å². The van der Waals surface area contributed by atoms with E-state index in [0.717, 1.165) is 5.56 Å². The van der Waals surface area contributed by atoms with Crippen LogP contribution in [0, 0.1) is 6.92 Å². The predicted octanol–water partition coefficient (Wildman–Crippen LogP) is 1.45. The van der Waals surface area contributed by atoms with Crippen molar-refractivity contribution in [1.29, 1.82) is 0 Å². The third kappa shape index (κ3) is 2.62. The summed E-state index contributed by atoms with van der Waals surface area (Å²) in [6.45, 7) is 1.85. The minimum atomic E-state index is -1.27. The van der Waals surface area contributed by atoms with Crippen molar-refractivity contribution in [2.45, 2.75) is 6.92 Å². The summed E-state index contributed by atoms with van der Waals surface area (Å²) in [4.78, 5) is 28.3. The van der Waals surface area contributed by atoms with Crippen molar-refractivity contribution in [1.82, 2.24) is 9.97 Å². The molecule has 1 aromatic carbocycles. The highest BCUT2D eigenvalue weighted by atomic mass is 16.5. The van der Waals surface area contributed by atoms with Crippen molar-refractivity contribution in [3.8, 4) is 17.0 Å². The monoisotopic (exact) mass is 260 g/mol. The summed E-state index contributed by atoms with van der Waals surface area (Å²) in [7, 11) is 1.57. The lowest BCUT2D eigenvalue weighted by atomic mass is 10.1. The molecule has 1 aromatic heterocycles. The number of aromatic amines is 1. The first-order valence-corrected chi connectivity index (χ1v) is 5.51. The third-order valence-corrected chi connectivity index (χ3v) is 2.63. The molecule has 2 N–H and O–H groups in total. The number of ether oxygens (including phenoxy) is 1. The van der Waals surface area contributed by atoms with E-state index in [9.17, 15) is 9.59 Å². The molecule has 2 aromatic rings. The number of aryl methyl sites for hydroxylation is 1. The Morgan fingerprint density at radius 2 is 2.11 bits per heavy atom. The predicted molar refractivity (Wildman–Crippen MR) is 68.5 cm³/mol. The van der Waals surface area contributed by atoms with Crippen molar-refractivity contribution in [3.05, 3.63) is 46.0 Å². The van der Waals surface area contributed by atoms with Gasteiger partial charge in [0.1, 0.15) is 5.75 Å². The van der Waals surface area contributed by atoms with Crippen LogP contribution < -0.4 is 10.3 Å². The van der Waals surface area contributed by atoms with E-state index in [1.54, 1.807) is 25.3 Å². The van der Waals surface area contributed by atoms with Gasteiger partial charge in [-0.2, -0.15) is 0 Å². The van der Waals surface area contributed by atoms with E-state index < -0.39 is 11.5 Å². The lowest BCUT2D eigenvalue weighted by Gasteiger charge is -2.07. The Hall–Kier alpha value is -2.63. The van der Waals surface area contributed by atoms with Gasteiger partial charge in [-0.1, -0.05) is 0 Å². The van der Waals surface area contributed by atoms with Gasteiger partial charge in [0, 0.05) is 11.6 Å². The molecule has 0 radical (unpaired) electrons. The van der Waals surface area contributed by atoms with Gasteiger partial charge in [0.05, 0.1) is 12.8 Å². The van der Waals surface area contributed by atoms with E-state index in [-0.39, 0.29) is 5.82 Å². The van der Waals surface area contributed by atoms with Gasteiger partial charge in [-0.3, -0.25) is 4.79 Å². The van der Waals surface area contributed by atoms with Crippen LogP contribution in [-0.4, -0.2) is 28.2 Å². The first-order valence-electron chi connectivity index (χ1n) is 5.51. The van der Waals surface area contributed by atoms with Crippen molar-refractivity contribution >= 4 is 5.97 Å². The van der Waals surface area contributed by atoms with Gasteiger partial charge in [0.2, 0.25) is 5.82 Å². The van der Waals surface area contributed by atoms with Gasteiger partial charge in [-0.15, -0.1) is 0 Å². The molecule has 0 saturated carbocycles. The summed E-state index contributed by atoms with van der Waals surface area (Å²) in [5, 5.41) is 8.86. The molecular weight excluding hydrogens is 248 g/mol. The second-order valence-electron chi connectivity index (χ2n) is 3.97. The number of methoxy groups -OCH3 is 1. The molecule has 98 valence electrons. The maximum absolute atomic E-state index is 11.4. The van der Waals surface area contributed by atoms with Crippen LogP contribution >= 0.6 is 0 Å². The Kier molecular flexibility index (Phi) is 3.33. The molecule has 0 unspecified atom stereocenters. The lowest BCUT2D eigenvalue weighted by Crippen LogP contribution is -2.15. The fourth-order valence-corrected chi connectivity index (χ4v) is 1.74. The molecule has 0 spiro atoms. The van der Waals surface area contributed by atoms with Gasteiger partial charge < -0.3 is 14.8 Å². The Balaban J connectivity index is 2.55. The molecule has 6 heteroatoms. The van der Waals surface area contributed by atoms with Crippen LogP contribution in [0.3, 0.4) is 0 Å². The van der Waals surface area contributed by atoms with Crippen LogP contribution in [0.25, 0.3) is 11.3 Å². The number of nitrogens with zero attached hydrogens (tertiary/aromatic N) is 1. The van der Waals surface area contributed by atoms with Crippen molar-refractivity contribution in [2.24, 2.45) is 0 Å². The molecule has 0 saturated heterocycles. The Morgan fingerprint density at radius 3 is 2.68 bits per heavy atom. The van der Waals surface area contributed by atoms with E-state index in [1.807, 2.05) is 6.92 Å². The van der Waals surface area contributed by atoms with Crippen LogP contribution in [0.15, 0.2) is 29.1 Å². The lowest BCUT2D eigenvalue weighted by molar-refractivity contribution is 0.0683. The van der Waals surface area contributed by atoms with Crippen LogP contribution in [0.5, 0.6) is 5.75 Å². The number of aromatic carboxylic acids is 1. The zero-order valence-electron chi connectivity index (χ0n) is 10.4. The average Bonchev–Trinajstić information content (AvgIpc) is 2.37. The average molecular weight is 260 g/mol. The number of nitrogens with one attached hydrogen (secondary N) is 1. The fraction of sp³-hybridized carbons (Fsp3) is 0.154. The summed E-state index contributed by atoms with van der Waals surface area (Å²) in [6.07, 6.45) is 0. The molecule has 0 bridgehead atoms. The zero-order chi connectivity index (χ0) is 14.0. The van der Waals surface area contributed by atoms with Crippen molar-refractivity contribution < 1.29 is 14.6 Å². The van der Waals surface area contributed by atoms with Gasteiger partial charge >= 0.3 is 5.97 Å². The molecule has 0 fully saturated rings. The van der Waals surface area contributed by atoms with Crippen LogP contribution in [0.2, 0.25) is 0 Å².